The summed E-state index contributed by atoms with van der Waals surface area (Å²) in [6.07, 6.45) is 0.268. The molecule has 0 aliphatic heterocycles. The van der Waals surface area contributed by atoms with Gasteiger partial charge >= 0.3 is 5.97 Å². The fourth-order valence-electron chi connectivity index (χ4n) is 3.43. The van der Waals surface area contributed by atoms with E-state index in [-0.39, 0.29) is 12.4 Å². The van der Waals surface area contributed by atoms with Crippen LogP contribution in [-0.2, 0) is 22.5 Å². The number of fused-ring (bicyclic) bond motifs is 1. The Labute approximate surface area is 154 Å². The molecule has 3 rings (SSSR count). The molecule has 0 amide bonds. The number of hydrogen-bond acceptors (Lipinski definition) is 3. The van der Waals surface area contributed by atoms with Crippen LogP contribution in [0.3, 0.4) is 0 Å². The highest BCUT2D eigenvalue weighted by atomic mass is 16.5. The second-order valence-corrected chi connectivity index (χ2v) is 6.50. The Morgan fingerprint density at radius 1 is 1.12 bits per heavy atom. The zero-order valence-electron chi connectivity index (χ0n) is 15.8. The van der Waals surface area contributed by atoms with E-state index >= 15 is 0 Å². The lowest BCUT2D eigenvalue weighted by molar-refractivity contribution is -0.142. The largest absolute Gasteiger partial charge is 0.497 e. The quantitative estimate of drug-likeness (QED) is 0.617. The van der Waals surface area contributed by atoms with Crippen LogP contribution in [0.15, 0.2) is 42.5 Å². The van der Waals surface area contributed by atoms with Crippen LogP contribution in [0.5, 0.6) is 5.75 Å². The number of aromatic nitrogens is 1. The topological polar surface area (TPSA) is 40.5 Å². The molecule has 1 aromatic heterocycles. The highest BCUT2D eigenvalue weighted by Gasteiger charge is 2.18. The smallest absolute Gasteiger partial charge is 0.310 e. The summed E-state index contributed by atoms with van der Waals surface area (Å²) in [4.78, 5) is 12.1. The standard InChI is InChI=1S/C22H25NO3/c1-5-26-22(24)13-19-16(3)23(14-17-8-6-7-15(2)11-17)21-10-9-18(25-4)12-20(19)21/h6-12H,5,13-14H2,1-4H3. The Morgan fingerprint density at radius 3 is 2.62 bits per heavy atom. The van der Waals surface area contributed by atoms with Crippen molar-refractivity contribution in [3.05, 3.63) is 64.8 Å². The minimum Gasteiger partial charge on any atom is -0.497 e. The molecule has 0 saturated heterocycles. The highest BCUT2D eigenvalue weighted by Crippen LogP contribution is 2.30. The van der Waals surface area contributed by atoms with E-state index in [0.29, 0.717) is 6.61 Å². The molecular weight excluding hydrogens is 326 g/mol. The first-order chi connectivity index (χ1) is 12.5. The minimum atomic E-state index is -0.201. The molecule has 1 heterocycles. The van der Waals surface area contributed by atoms with Crippen LogP contribution in [0, 0.1) is 13.8 Å². The lowest BCUT2D eigenvalue weighted by Crippen LogP contribution is -2.09. The lowest BCUT2D eigenvalue weighted by atomic mass is 10.1. The van der Waals surface area contributed by atoms with Crippen molar-refractivity contribution in [3.63, 3.8) is 0 Å². The van der Waals surface area contributed by atoms with Gasteiger partial charge in [-0.3, -0.25) is 4.79 Å². The predicted octanol–water partition coefficient (Wildman–Crippen LogP) is 4.42. The van der Waals surface area contributed by atoms with E-state index in [9.17, 15) is 4.79 Å². The van der Waals surface area contributed by atoms with Crippen LogP contribution in [-0.4, -0.2) is 24.3 Å². The Morgan fingerprint density at radius 2 is 1.92 bits per heavy atom. The summed E-state index contributed by atoms with van der Waals surface area (Å²) in [5.41, 5.74) is 5.67. The second kappa shape index (κ2) is 7.65. The van der Waals surface area contributed by atoms with Crippen molar-refractivity contribution >= 4 is 16.9 Å². The van der Waals surface area contributed by atoms with Crippen LogP contribution in [0.4, 0.5) is 0 Å². The van der Waals surface area contributed by atoms with Gasteiger partial charge in [0.25, 0.3) is 0 Å². The SMILES string of the molecule is CCOC(=O)Cc1c(C)n(Cc2cccc(C)c2)c2ccc(OC)cc12. The summed E-state index contributed by atoms with van der Waals surface area (Å²) in [5.74, 6) is 0.586. The zero-order valence-corrected chi connectivity index (χ0v) is 15.8. The van der Waals surface area contributed by atoms with Crippen molar-refractivity contribution in [1.29, 1.82) is 0 Å². The van der Waals surface area contributed by atoms with Crippen LogP contribution >= 0.6 is 0 Å². The molecule has 4 nitrogen and oxygen atoms in total. The zero-order chi connectivity index (χ0) is 18.7. The van der Waals surface area contributed by atoms with Crippen LogP contribution < -0.4 is 4.74 Å². The highest BCUT2D eigenvalue weighted by molar-refractivity contribution is 5.90. The lowest BCUT2D eigenvalue weighted by Gasteiger charge is -2.10. The number of benzene rings is 2. The van der Waals surface area contributed by atoms with Gasteiger partial charge in [0.15, 0.2) is 0 Å². The Hall–Kier alpha value is -2.75. The van der Waals surface area contributed by atoms with Gasteiger partial charge in [0.1, 0.15) is 5.75 Å². The predicted molar refractivity (Wildman–Crippen MR) is 104 cm³/mol. The molecule has 0 aliphatic carbocycles. The average molecular weight is 351 g/mol. The maximum atomic E-state index is 12.1. The third-order valence-corrected chi connectivity index (χ3v) is 4.71. The van der Waals surface area contributed by atoms with Gasteiger partial charge in [-0.1, -0.05) is 29.8 Å². The van der Waals surface area contributed by atoms with Crippen molar-refractivity contribution in [2.45, 2.75) is 33.7 Å². The monoisotopic (exact) mass is 351 g/mol. The number of methoxy groups -OCH3 is 1. The maximum Gasteiger partial charge on any atom is 0.310 e. The summed E-state index contributed by atoms with van der Waals surface area (Å²) < 4.78 is 12.8. The van der Waals surface area contributed by atoms with Crippen molar-refractivity contribution < 1.29 is 14.3 Å². The summed E-state index contributed by atoms with van der Waals surface area (Å²) in [6.45, 7) is 7.15. The van der Waals surface area contributed by atoms with E-state index in [1.165, 1.54) is 11.1 Å². The first kappa shape index (κ1) is 18.1. The normalized spacial score (nSPS) is 10.9. The molecule has 0 aliphatic rings. The van der Waals surface area contributed by atoms with Crippen molar-refractivity contribution in [3.8, 4) is 5.75 Å². The van der Waals surface area contributed by atoms with Gasteiger partial charge < -0.3 is 14.0 Å². The molecule has 0 saturated carbocycles. The number of carbonyl (C=O) groups excluding carboxylic acids is 1. The van der Waals surface area contributed by atoms with E-state index in [2.05, 4.69) is 48.7 Å². The molecule has 4 heteroatoms. The van der Waals surface area contributed by atoms with E-state index in [1.54, 1.807) is 7.11 Å². The molecule has 2 aromatic carbocycles. The number of ether oxygens (including phenoxy) is 2. The Balaban J connectivity index is 2.10. The molecule has 0 radical (unpaired) electrons. The fraction of sp³-hybridized carbons (Fsp3) is 0.318. The van der Waals surface area contributed by atoms with Crippen molar-refractivity contribution in [1.82, 2.24) is 4.57 Å². The van der Waals surface area contributed by atoms with E-state index < -0.39 is 0 Å². The molecule has 0 atom stereocenters. The number of nitrogens with zero attached hydrogens (tertiary/aromatic N) is 1. The summed E-state index contributed by atoms with van der Waals surface area (Å²) in [5, 5.41) is 1.04. The molecule has 136 valence electrons. The van der Waals surface area contributed by atoms with Crippen LogP contribution in [0.2, 0.25) is 0 Å². The number of aryl methyl sites for hydroxylation is 1. The average Bonchev–Trinajstić information content (AvgIpc) is 2.87. The summed E-state index contributed by atoms with van der Waals surface area (Å²) in [6, 6.07) is 14.5. The van der Waals surface area contributed by atoms with Crippen LogP contribution in [0.25, 0.3) is 10.9 Å². The molecule has 0 N–H and O–H groups in total. The molecule has 26 heavy (non-hydrogen) atoms. The molecule has 0 spiro atoms. The Bertz CT molecular complexity index is 940. The second-order valence-electron chi connectivity index (χ2n) is 6.50. The van der Waals surface area contributed by atoms with Gasteiger partial charge in [0, 0.05) is 23.1 Å². The number of hydrogen-bond donors (Lipinski definition) is 0. The Kier molecular flexibility index (Phi) is 5.31. The number of esters is 1. The molecule has 0 bridgehead atoms. The third kappa shape index (κ3) is 3.59. The van der Waals surface area contributed by atoms with E-state index in [4.69, 9.17) is 9.47 Å². The van der Waals surface area contributed by atoms with Gasteiger partial charge in [-0.15, -0.1) is 0 Å². The molecule has 0 fully saturated rings. The molecule has 3 aromatic rings. The molecular formula is C22H25NO3. The van der Waals surface area contributed by atoms with Gasteiger partial charge in [0.05, 0.1) is 20.1 Å². The summed E-state index contributed by atoms with van der Waals surface area (Å²) >= 11 is 0. The molecule has 0 unspecified atom stereocenters. The van der Waals surface area contributed by atoms with Gasteiger partial charge in [-0.05, 0) is 50.1 Å². The van der Waals surface area contributed by atoms with Crippen molar-refractivity contribution in [2.24, 2.45) is 0 Å². The van der Waals surface area contributed by atoms with E-state index in [1.807, 2.05) is 19.1 Å². The first-order valence-electron chi connectivity index (χ1n) is 8.90. The van der Waals surface area contributed by atoms with Gasteiger partial charge in [-0.25, -0.2) is 0 Å². The van der Waals surface area contributed by atoms with Gasteiger partial charge in [-0.2, -0.15) is 0 Å². The minimum absolute atomic E-state index is 0.201. The summed E-state index contributed by atoms with van der Waals surface area (Å²) in [7, 11) is 1.66. The number of rotatable bonds is 6. The van der Waals surface area contributed by atoms with Crippen LogP contribution in [0.1, 0.15) is 29.3 Å². The van der Waals surface area contributed by atoms with E-state index in [0.717, 1.165) is 34.5 Å². The maximum absolute atomic E-state index is 12.1. The third-order valence-electron chi connectivity index (χ3n) is 4.71. The van der Waals surface area contributed by atoms with Gasteiger partial charge in [0.2, 0.25) is 0 Å². The number of carbonyl (C=O) groups is 1. The van der Waals surface area contributed by atoms with Crippen molar-refractivity contribution in [2.75, 3.05) is 13.7 Å². The first-order valence-corrected chi connectivity index (χ1v) is 8.90. The fourth-order valence-corrected chi connectivity index (χ4v) is 3.43.